The number of nitrogens with one attached hydrogen (secondary N) is 2. The Morgan fingerprint density at radius 3 is 2.58 bits per heavy atom. The van der Waals surface area contributed by atoms with Crippen LogP contribution in [0.5, 0.6) is 0 Å². The lowest BCUT2D eigenvalue weighted by atomic mass is 9.77. The largest absolute Gasteiger partial charge is 0.360 e. The molecule has 0 radical (unpaired) electrons. The van der Waals surface area contributed by atoms with E-state index < -0.39 is 0 Å². The van der Waals surface area contributed by atoms with E-state index >= 15 is 0 Å². The van der Waals surface area contributed by atoms with E-state index in [0.29, 0.717) is 35.6 Å². The van der Waals surface area contributed by atoms with Crippen LogP contribution in [0.3, 0.4) is 0 Å². The maximum atomic E-state index is 7.57. The standard InChI is InChI=1S/C31H33N7/c1-20-15-29(25-17-34-31(35-18-25)37-30-19-33-26-5-3-4-6-27(26)36-30)38-14-13-24(11-12-28(20)38)21(2)23-9-7-22(16-32)8-10-23/h3-6,11-13,15-20,22-23,28,32H,2,7-10,14H2,1H3,(H,34,35,36,37). The summed E-state index contributed by atoms with van der Waals surface area (Å²) in [5.41, 5.74) is 6.36. The summed E-state index contributed by atoms with van der Waals surface area (Å²) < 4.78 is 0. The average molecular weight is 504 g/mol. The highest BCUT2D eigenvalue weighted by molar-refractivity contribution is 5.75. The molecule has 4 heterocycles. The van der Waals surface area contributed by atoms with Crippen LogP contribution in [0.15, 0.2) is 84.9 Å². The fraction of sp³-hybridized carbons (Fsp3) is 0.323. The van der Waals surface area contributed by atoms with Crippen LogP contribution in [0.4, 0.5) is 11.8 Å². The van der Waals surface area contributed by atoms with Gasteiger partial charge in [0.25, 0.3) is 0 Å². The third kappa shape index (κ3) is 4.76. The van der Waals surface area contributed by atoms with Gasteiger partial charge in [-0.3, -0.25) is 4.98 Å². The van der Waals surface area contributed by atoms with Crippen LogP contribution in [0.2, 0.25) is 0 Å². The lowest BCUT2D eigenvalue weighted by Crippen LogP contribution is -2.30. The van der Waals surface area contributed by atoms with E-state index in [9.17, 15) is 0 Å². The van der Waals surface area contributed by atoms with E-state index in [0.717, 1.165) is 48.8 Å². The van der Waals surface area contributed by atoms with Gasteiger partial charge in [-0.15, -0.1) is 0 Å². The minimum Gasteiger partial charge on any atom is -0.360 e. The van der Waals surface area contributed by atoms with Crippen LogP contribution < -0.4 is 5.32 Å². The van der Waals surface area contributed by atoms with Gasteiger partial charge < -0.3 is 15.6 Å². The van der Waals surface area contributed by atoms with Crippen LogP contribution in [-0.4, -0.2) is 43.6 Å². The number of fused-ring (bicyclic) bond motifs is 2. The molecule has 2 aromatic heterocycles. The Balaban J connectivity index is 1.15. The zero-order valence-corrected chi connectivity index (χ0v) is 21.7. The van der Waals surface area contributed by atoms with Gasteiger partial charge in [-0.2, -0.15) is 0 Å². The molecule has 3 aliphatic rings. The summed E-state index contributed by atoms with van der Waals surface area (Å²) in [7, 11) is 0. The van der Waals surface area contributed by atoms with Crippen molar-refractivity contribution in [3.63, 3.8) is 0 Å². The fourth-order valence-electron chi connectivity index (χ4n) is 5.88. The fourth-order valence-corrected chi connectivity index (χ4v) is 5.88. The zero-order chi connectivity index (χ0) is 26.1. The molecular formula is C31H33N7. The summed E-state index contributed by atoms with van der Waals surface area (Å²) >= 11 is 0. The first-order valence-electron chi connectivity index (χ1n) is 13.5. The topological polar surface area (TPSA) is 90.7 Å². The van der Waals surface area contributed by atoms with E-state index in [1.807, 2.05) is 36.7 Å². The van der Waals surface area contributed by atoms with Crippen LogP contribution in [0, 0.1) is 23.2 Å². The number of benzene rings is 1. The number of aromatic nitrogens is 4. The summed E-state index contributed by atoms with van der Waals surface area (Å²) in [4.78, 5) is 20.7. The summed E-state index contributed by atoms with van der Waals surface area (Å²) in [6.45, 7) is 7.59. The van der Waals surface area contributed by atoms with Crippen molar-refractivity contribution in [1.29, 1.82) is 5.41 Å². The Hall–Kier alpha value is -4.13. The summed E-state index contributed by atoms with van der Waals surface area (Å²) in [6, 6.07) is 8.08. The van der Waals surface area contributed by atoms with Crippen LogP contribution >= 0.6 is 0 Å². The Kier molecular flexibility index (Phi) is 6.58. The molecule has 7 nitrogen and oxygen atoms in total. The first-order chi connectivity index (χ1) is 18.6. The molecule has 0 saturated heterocycles. The molecule has 6 rings (SSSR count). The lowest BCUT2D eigenvalue weighted by molar-refractivity contribution is 0.352. The van der Waals surface area contributed by atoms with Gasteiger partial charge in [-0.05, 0) is 67.0 Å². The number of hydrogen-bond acceptors (Lipinski definition) is 7. The predicted octanol–water partition coefficient (Wildman–Crippen LogP) is 6.33. The summed E-state index contributed by atoms with van der Waals surface area (Å²) in [5, 5.41) is 10.7. The third-order valence-electron chi connectivity index (χ3n) is 8.12. The van der Waals surface area contributed by atoms with E-state index in [1.54, 1.807) is 12.4 Å². The Bertz CT molecular complexity index is 1440. The van der Waals surface area contributed by atoms with Gasteiger partial charge >= 0.3 is 0 Å². The smallest absolute Gasteiger partial charge is 0.228 e. The van der Waals surface area contributed by atoms with Gasteiger partial charge in [0, 0.05) is 36.1 Å². The maximum absolute atomic E-state index is 7.57. The number of allylic oxidation sites excluding steroid dienone is 3. The molecule has 38 heavy (non-hydrogen) atoms. The first-order valence-corrected chi connectivity index (χ1v) is 13.5. The van der Waals surface area contributed by atoms with Crippen molar-refractivity contribution in [2.24, 2.45) is 17.8 Å². The van der Waals surface area contributed by atoms with Crippen molar-refractivity contribution in [2.75, 3.05) is 11.9 Å². The van der Waals surface area contributed by atoms with Crippen LogP contribution in [0.1, 0.15) is 38.2 Å². The molecule has 2 atom stereocenters. The van der Waals surface area contributed by atoms with Crippen LogP contribution in [-0.2, 0) is 0 Å². The number of rotatable bonds is 6. The quantitative estimate of drug-likeness (QED) is 0.382. The Morgan fingerprint density at radius 2 is 1.82 bits per heavy atom. The molecule has 7 heteroatoms. The molecule has 1 saturated carbocycles. The minimum absolute atomic E-state index is 0.297. The van der Waals surface area contributed by atoms with E-state index in [-0.39, 0.29) is 0 Å². The van der Waals surface area contributed by atoms with E-state index in [2.05, 4.69) is 68.0 Å². The van der Waals surface area contributed by atoms with Crippen molar-refractivity contribution < 1.29 is 0 Å². The van der Waals surface area contributed by atoms with Crippen molar-refractivity contribution in [2.45, 2.75) is 38.6 Å². The van der Waals surface area contributed by atoms with Gasteiger partial charge in [0.05, 0.1) is 23.3 Å². The number of nitrogens with zero attached hydrogens (tertiary/aromatic N) is 5. The molecule has 3 aromatic rings. The highest BCUT2D eigenvalue weighted by atomic mass is 15.2. The lowest BCUT2D eigenvalue weighted by Gasteiger charge is -2.28. The van der Waals surface area contributed by atoms with Crippen molar-refractivity contribution >= 4 is 34.7 Å². The molecule has 0 spiro atoms. The van der Waals surface area contributed by atoms with E-state index in [4.69, 9.17) is 5.41 Å². The van der Waals surface area contributed by atoms with Crippen LogP contribution in [0.25, 0.3) is 16.7 Å². The Morgan fingerprint density at radius 1 is 1.05 bits per heavy atom. The number of hydrogen-bond donors (Lipinski definition) is 2. The van der Waals surface area contributed by atoms with Crippen molar-refractivity contribution in [3.05, 3.63) is 90.4 Å². The Labute approximate surface area is 223 Å². The van der Waals surface area contributed by atoms with Gasteiger partial charge in [-0.25, -0.2) is 15.0 Å². The molecule has 1 aliphatic carbocycles. The van der Waals surface area contributed by atoms with Gasteiger partial charge in [0.2, 0.25) is 5.95 Å². The maximum Gasteiger partial charge on any atom is 0.228 e. The molecule has 2 unspecified atom stereocenters. The average Bonchev–Trinajstić information content (AvgIpc) is 3.12. The monoisotopic (exact) mass is 503 g/mol. The van der Waals surface area contributed by atoms with Crippen molar-refractivity contribution in [1.82, 2.24) is 24.8 Å². The molecule has 2 N–H and O–H groups in total. The first kappa shape index (κ1) is 24.2. The molecule has 1 fully saturated rings. The minimum atomic E-state index is 0.297. The molecule has 0 bridgehead atoms. The number of para-hydroxylation sites is 2. The number of anilines is 2. The second kappa shape index (κ2) is 10.3. The molecular weight excluding hydrogens is 470 g/mol. The zero-order valence-electron chi connectivity index (χ0n) is 21.7. The summed E-state index contributed by atoms with van der Waals surface area (Å²) in [6.07, 6.45) is 20.8. The second-order valence-corrected chi connectivity index (χ2v) is 10.5. The molecule has 2 aliphatic heterocycles. The van der Waals surface area contributed by atoms with E-state index in [1.165, 1.54) is 16.8 Å². The third-order valence-corrected chi connectivity index (χ3v) is 8.12. The van der Waals surface area contributed by atoms with Gasteiger partial charge in [0.15, 0.2) is 5.82 Å². The predicted molar refractivity (Wildman–Crippen MR) is 153 cm³/mol. The molecule has 192 valence electrons. The van der Waals surface area contributed by atoms with Gasteiger partial charge in [-0.1, -0.05) is 49.9 Å². The van der Waals surface area contributed by atoms with Crippen molar-refractivity contribution in [3.8, 4) is 0 Å². The van der Waals surface area contributed by atoms with Gasteiger partial charge in [0.1, 0.15) is 0 Å². The second-order valence-electron chi connectivity index (χ2n) is 10.5. The SMILES string of the molecule is C=C(C1=CCN2C(c3cnc(Nc4cnc5ccccc5n4)nc3)=CC(C)C2C=C1)C1CCC(C=N)CC1. The highest BCUT2D eigenvalue weighted by Crippen LogP contribution is 2.39. The highest BCUT2D eigenvalue weighted by Gasteiger charge is 2.32. The normalized spacial score (nSPS) is 24.8. The summed E-state index contributed by atoms with van der Waals surface area (Å²) in [5.74, 6) is 2.46. The molecule has 0 amide bonds. The molecule has 1 aromatic carbocycles.